The van der Waals surface area contributed by atoms with Crippen LogP contribution in [0.1, 0.15) is 35.6 Å². The molecule has 3 rings (SSSR count). The highest BCUT2D eigenvalue weighted by Crippen LogP contribution is 2.28. The fourth-order valence-electron chi connectivity index (χ4n) is 2.43. The quantitative estimate of drug-likeness (QED) is 0.671. The number of pyridine rings is 1. The zero-order chi connectivity index (χ0) is 14.8. The normalized spacial score (nSPS) is 12.9. The maximum atomic E-state index is 5.93. The molecule has 0 saturated carbocycles. The lowest BCUT2D eigenvalue weighted by atomic mass is 10.3. The van der Waals surface area contributed by atoms with Crippen LogP contribution in [0.5, 0.6) is 0 Å². The molecule has 6 heteroatoms. The van der Waals surface area contributed by atoms with Gasteiger partial charge < -0.3 is 4.57 Å². The molecule has 0 aliphatic heterocycles. The fourth-order valence-corrected chi connectivity index (χ4v) is 3.50. The van der Waals surface area contributed by atoms with E-state index in [2.05, 4.69) is 33.4 Å². The van der Waals surface area contributed by atoms with Crippen LogP contribution in [-0.4, -0.2) is 25.4 Å². The van der Waals surface area contributed by atoms with E-state index in [4.69, 9.17) is 11.6 Å². The third-order valence-corrected chi connectivity index (χ3v) is 5.01. The third-order valence-electron chi connectivity index (χ3n) is 3.50. The van der Waals surface area contributed by atoms with Crippen LogP contribution >= 0.6 is 22.9 Å². The van der Waals surface area contributed by atoms with E-state index >= 15 is 0 Å². The standard InChI is InChI=1S/C15H17ClN4S/c1-3-11-9-18-15(21-11)10(2)20-13(6-7-16)19-12-5-4-8-17-14(12)20/h4-5,8-10H,3,6-7H2,1-2H3. The maximum absolute atomic E-state index is 5.93. The average molecular weight is 321 g/mol. The number of nitrogens with zero attached hydrogens (tertiary/aromatic N) is 4. The number of hydrogen-bond donors (Lipinski definition) is 0. The van der Waals surface area contributed by atoms with Gasteiger partial charge in [0, 0.05) is 29.6 Å². The molecule has 3 heterocycles. The molecule has 1 unspecified atom stereocenters. The Bertz CT molecular complexity index is 749. The van der Waals surface area contributed by atoms with E-state index in [0.717, 1.165) is 34.8 Å². The smallest absolute Gasteiger partial charge is 0.160 e. The summed E-state index contributed by atoms with van der Waals surface area (Å²) in [6.07, 6.45) is 5.51. The Labute approximate surface area is 132 Å². The van der Waals surface area contributed by atoms with Gasteiger partial charge in [0.05, 0.1) is 6.04 Å². The van der Waals surface area contributed by atoms with Crippen LogP contribution in [0.15, 0.2) is 24.5 Å². The molecule has 0 fully saturated rings. The predicted octanol–water partition coefficient (Wildman–Crippen LogP) is 3.84. The Morgan fingerprint density at radius 1 is 1.38 bits per heavy atom. The highest BCUT2D eigenvalue weighted by atomic mass is 35.5. The van der Waals surface area contributed by atoms with Gasteiger partial charge in [-0.25, -0.2) is 15.0 Å². The molecule has 110 valence electrons. The molecule has 4 nitrogen and oxygen atoms in total. The van der Waals surface area contributed by atoms with Gasteiger partial charge >= 0.3 is 0 Å². The lowest BCUT2D eigenvalue weighted by molar-refractivity contribution is 0.615. The number of rotatable bonds is 5. The van der Waals surface area contributed by atoms with Gasteiger partial charge in [0.2, 0.25) is 0 Å². The zero-order valence-corrected chi connectivity index (χ0v) is 13.7. The summed E-state index contributed by atoms with van der Waals surface area (Å²) < 4.78 is 2.16. The van der Waals surface area contributed by atoms with E-state index in [-0.39, 0.29) is 6.04 Å². The minimum atomic E-state index is 0.119. The summed E-state index contributed by atoms with van der Waals surface area (Å²) >= 11 is 7.68. The second kappa shape index (κ2) is 6.12. The van der Waals surface area contributed by atoms with Crippen molar-refractivity contribution in [3.63, 3.8) is 0 Å². The van der Waals surface area contributed by atoms with Gasteiger partial charge in [-0.2, -0.15) is 0 Å². The molecular weight excluding hydrogens is 304 g/mol. The Morgan fingerprint density at radius 3 is 2.95 bits per heavy atom. The number of halogens is 1. The number of fused-ring (bicyclic) bond motifs is 1. The SMILES string of the molecule is CCc1cnc(C(C)n2c(CCCl)nc3cccnc32)s1. The summed E-state index contributed by atoms with van der Waals surface area (Å²) in [5, 5.41) is 1.09. The van der Waals surface area contributed by atoms with Crippen molar-refractivity contribution in [3.05, 3.63) is 40.2 Å². The van der Waals surface area contributed by atoms with Crippen LogP contribution in [0.2, 0.25) is 0 Å². The summed E-state index contributed by atoms with van der Waals surface area (Å²) in [7, 11) is 0. The number of alkyl halides is 1. The lowest BCUT2D eigenvalue weighted by Crippen LogP contribution is -2.11. The van der Waals surface area contributed by atoms with Crippen molar-refractivity contribution < 1.29 is 0 Å². The molecule has 0 aliphatic rings. The van der Waals surface area contributed by atoms with Gasteiger partial charge in [-0.3, -0.25) is 0 Å². The van der Waals surface area contributed by atoms with E-state index in [0.29, 0.717) is 5.88 Å². The Kier molecular flexibility index (Phi) is 4.22. The van der Waals surface area contributed by atoms with Gasteiger partial charge in [-0.15, -0.1) is 22.9 Å². The molecule has 0 amide bonds. The number of aromatic nitrogens is 4. The summed E-state index contributed by atoms with van der Waals surface area (Å²) in [4.78, 5) is 15.0. The molecule has 3 aromatic rings. The molecule has 21 heavy (non-hydrogen) atoms. The van der Waals surface area contributed by atoms with Crippen LogP contribution < -0.4 is 0 Å². The molecule has 0 saturated heterocycles. The molecule has 0 bridgehead atoms. The van der Waals surface area contributed by atoms with E-state index < -0.39 is 0 Å². The van der Waals surface area contributed by atoms with Crippen LogP contribution in [0.3, 0.4) is 0 Å². The third kappa shape index (κ3) is 2.68. The second-order valence-corrected chi connectivity index (χ2v) is 6.40. The first kappa shape index (κ1) is 14.5. The molecule has 0 aliphatic carbocycles. The van der Waals surface area contributed by atoms with Crippen molar-refractivity contribution in [2.75, 3.05) is 5.88 Å². The first-order valence-electron chi connectivity index (χ1n) is 7.07. The molecule has 3 aromatic heterocycles. The van der Waals surface area contributed by atoms with Crippen molar-refractivity contribution in [1.82, 2.24) is 19.5 Å². The van der Waals surface area contributed by atoms with Crippen molar-refractivity contribution in [1.29, 1.82) is 0 Å². The van der Waals surface area contributed by atoms with Crippen molar-refractivity contribution in [2.45, 2.75) is 32.7 Å². The topological polar surface area (TPSA) is 43.6 Å². The number of aryl methyl sites for hydroxylation is 2. The monoisotopic (exact) mass is 320 g/mol. The minimum absolute atomic E-state index is 0.119. The van der Waals surface area contributed by atoms with Crippen molar-refractivity contribution in [3.8, 4) is 0 Å². The van der Waals surface area contributed by atoms with E-state index in [9.17, 15) is 0 Å². The maximum Gasteiger partial charge on any atom is 0.160 e. The molecule has 0 radical (unpaired) electrons. The summed E-state index contributed by atoms with van der Waals surface area (Å²) in [5.74, 6) is 1.52. The summed E-state index contributed by atoms with van der Waals surface area (Å²) in [5.41, 5.74) is 1.81. The van der Waals surface area contributed by atoms with Crippen molar-refractivity contribution >= 4 is 34.1 Å². The van der Waals surface area contributed by atoms with E-state index in [1.54, 1.807) is 17.5 Å². The average Bonchev–Trinajstić information content (AvgIpc) is 3.11. The molecule has 1 atom stereocenters. The first-order chi connectivity index (χ1) is 10.2. The summed E-state index contributed by atoms with van der Waals surface area (Å²) in [6, 6.07) is 4.02. The lowest BCUT2D eigenvalue weighted by Gasteiger charge is -2.14. The molecule has 0 aromatic carbocycles. The Hall–Kier alpha value is -1.46. The van der Waals surface area contributed by atoms with Gasteiger partial charge in [0.1, 0.15) is 16.3 Å². The van der Waals surface area contributed by atoms with Crippen molar-refractivity contribution in [2.24, 2.45) is 0 Å². The predicted molar refractivity (Wildman–Crippen MR) is 87.3 cm³/mol. The molecule has 0 N–H and O–H groups in total. The molecule has 0 spiro atoms. The van der Waals surface area contributed by atoms with Crippen LogP contribution in [0.4, 0.5) is 0 Å². The number of thiazole rings is 1. The van der Waals surface area contributed by atoms with Gasteiger partial charge in [-0.1, -0.05) is 6.92 Å². The van der Waals surface area contributed by atoms with Gasteiger partial charge in [-0.05, 0) is 25.5 Å². The largest absolute Gasteiger partial charge is 0.303 e. The van der Waals surface area contributed by atoms with Crippen LogP contribution in [0.25, 0.3) is 11.2 Å². The second-order valence-electron chi connectivity index (χ2n) is 4.88. The molecular formula is C15H17ClN4S. The van der Waals surface area contributed by atoms with Gasteiger partial charge in [0.15, 0.2) is 5.65 Å². The first-order valence-corrected chi connectivity index (χ1v) is 8.42. The Morgan fingerprint density at radius 2 is 2.24 bits per heavy atom. The Balaban J connectivity index is 2.10. The zero-order valence-electron chi connectivity index (χ0n) is 12.1. The van der Waals surface area contributed by atoms with Crippen LogP contribution in [-0.2, 0) is 12.8 Å². The highest BCUT2D eigenvalue weighted by molar-refractivity contribution is 7.11. The van der Waals surface area contributed by atoms with E-state index in [1.165, 1.54) is 4.88 Å². The summed E-state index contributed by atoms with van der Waals surface area (Å²) in [6.45, 7) is 4.29. The van der Waals surface area contributed by atoms with Gasteiger partial charge in [0.25, 0.3) is 0 Å². The minimum Gasteiger partial charge on any atom is -0.303 e. The number of hydrogen-bond acceptors (Lipinski definition) is 4. The highest BCUT2D eigenvalue weighted by Gasteiger charge is 2.20. The fraction of sp³-hybridized carbons (Fsp3) is 0.400. The number of imidazole rings is 1. The van der Waals surface area contributed by atoms with E-state index in [1.807, 2.05) is 18.3 Å². The van der Waals surface area contributed by atoms with Crippen LogP contribution in [0, 0.1) is 0 Å².